The number of esters is 2. The number of carbonyl (C=O) groups excluding carboxylic acids is 2. The van der Waals surface area contributed by atoms with E-state index in [-0.39, 0.29) is 11.7 Å². The van der Waals surface area contributed by atoms with Gasteiger partial charge < -0.3 is 14.8 Å². The highest BCUT2D eigenvalue weighted by molar-refractivity contribution is 5.88. The highest BCUT2D eigenvalue weighted by atomic mass is 16.6. The van der Waals surface area contributed by atoms with Crippen LogP contribution in [0.2, 0.25) is 0 Å². The van der Waals surface area contributed by atoms with Crippen molar-refractivity contribution in [3.05, 3.63) is 42.0 Å². The van der Waals surface area contributed by atoms with Crippen LogP contribution in [0, 0.1) is 5.92 Å². The Kier molecular flexibility index (Phi) is 9.00. The summed E-state index contributed by atoms with van der Waals surface area (Å²) in [5.41, 5.74) is 0.624. The number of hydrogen-bond acceptors (Lipinski definition) is 7. The van der Waals surface area contributed by atoms with Crippen molar-refractivity contribution < 1.29 is 19.1 Å². The van der Waals surface area contributed by atoms with Gasteiger partial charge in [-0.2, -0.15) is 5.10 Å². The summed E-state index contributed by atoms with van der Waals surface area (Å²) in [5.74, 6) is 0.334. The molecular formula is C25H36N4O4. The lowest BCUT2D eigenvalue weighted by Crippen LogP contribution is -2.25. The van der Waals surface area contributed by atoms with Gasteiger partial charge in [-0.3, -0.25) is 9.48 Å². The minimum absolute atomic E-state index is 0.198. The van der Waals surface area contributed by atoms with Crippen molar-refractivity contribution >= 4 is 11.9 Å². The molecule has 180 valence electrons. The van der Waals surface area contributed by atoms with Crippen molar-refractivity contribution in [3.8, 4) is 5.75 Å². The quantitative estimate of drug-likeness (QED) is 0.421. The molecule has 0 unspecified atom stereocenters. The first-order chi connectivity index (χ1) is 15.8. The summed E-state index contributed by atoms with van der Waals surface area (Å²) in [6.07, 6.45) is 10.4. The van der Waals surface area contributed by atoms with Gasteiger partial charge in [0, 0.05) is 25.7 Å². The van der Waals surface area contributed by atoms with E-state index in [1.807, 2.05) is 25.5 Å². The minimum Gasteiger partial charge on any atom is -0.460 e. The van der Waals surface area contributed by atoms with Crippen molar-refractivity contribution in [2.45, 2.75) is 84.4 Å². The van der Waals surface area contributed by atoms with Crippen LogP contribution >= 0.6 is 0 Å². The van der Waals surface area contributed by atoms with Gasteiger partial charge in [-0.05, 0) is 64.6 Å². The van der Waals surface area contributed by atoms with Crippen LogP contribution in [0.3, 0.4) is 0 Å². The fourth-order valence-electron chi connectivity index (χ4n) is 4.02. The Labute approximate surface area is 196 Å². The van der Waals surface area contributed by atoms with Crippen LogP contribution in [0.15, 0.2) is 30.6 Å². The number of nitrogens with one attached hydrogen (secondary N) is 1. The molecule has 1 aliphatic carbocycles. The molecule has 0 bridgehead atoms. The summed E-state index contributed by atoms with van der Waals surface area (Å²) >= 11 is 0. The van der Waals surface area contributed by atoms with Gasteiger partial charge in [-0.1, -0.05) is 25.3 Å². The lowest BCUT2D eigenvalue weighted by molar-refractivity contribution is -0.154. The summed E-state index contributed by atoms with van der Waals surface area (Å²) in [7, 11) is 0. The first-order valence-corrected chi connectivity index (χ1v) is 11.9. The average Bonchev–Trinajstić information content (AvgIpc) is 3.14. The van der Waals surface area contributed by atoms with Gasteiger partial charge in [0.2, 0.25) is 0 Å². The molecule has 1 N–H and O–H groups in total. The highest BCUT2D eigenvalue weighted by Crippen LogP contribution is 2.27. The molecule has 0 amide bonds. The standard InChI is InChI=1S/C25H36N4O4/c1-25(2,3)33-23(30)13-9-14-26-16-21-22(32-24(31)20-12-7-8-15-27-20)17-28-29(21)18-19-10-5-4-6-11-19/h7-8,12,15,17,19,26H,4-6,9-11,13-14,16,18H2,1-3H3. The van der Waals surface area contributed by atoms with Crippen molar-refractivity contribution in [2.24, 2.45) is 5.92 Å². The molecule has 2 aromatic heterocycles. The van der Waals surface area contributed by atoms with E-state index in [0.29, 0.717) is 37.6 Å². The van der Waals surface area contributed by atoms with Gasteiger partial charge >= 0.3 is 11.9 Å². The first kappa shape index (κ1) is 24.9. The average molecular weight is 457 g/mol. The van der Waals surface area contributed by atoms with E-state index in [0.717, 1.165) is 12.2 Å². The molecule has 1 aliphatic rings. The third-order valence-electron chi connectivity index (χ3n) is 5.59. The van der Waals surface area contributed by atoms with Crippen LogP contribution in [0.4, 0.5) is 0 Å². The van der Waals surface area contributed by atoms with E-state index in [4.69, 9.17) is 9.47 Å². The minimum atomic E-state index is -0.501. The molecule has 33 heavy (non-hydrogen) atoms. The molecule has 8 heteroatoms. The molecule has 2 heterocycles. The zero-order chi connectivity index (χ0) is 23.7. The first-order valence-electron chi connectivity index (χ1n) is 11.9. The predicted octanol–water partition coefficient (Wildman–Crippen LogP) is 4.29. The van der Waals surface area contributed by atoms with Gasteiger partial charge in [0.05, 0.1) is 11.9 Å². The van der Waals surface area contributed by atoms with Gasteiger partial charge in [0.15, 0.2) is 5.75 Å². The number of hydrogen-bond donors (Lipinski definition) is 1. The summed E-state index contributed by atoms with van der Waals surface area (Å²) in [6, 6.07) is 5.14. The monoisotopic (exact) mass is 456 g/mol. The van der Waals surface area contributed by atoms with E-state index in [2.05, 4.69) is 15.4 Å². The molecule has 0 radical (unpaired) electrons. The van der Waals surface area contributed by atoms with Gasteiger partial charge in [-0.15, -0.1) is 0 Å². The van der Waals surface area contributed by atoms with E-state index in [1.165, 1.54) is 32.1 Å². The van der Waals surface area contributed by atoms with Crippen LogP contribution < -0.4 is 10.1 Å². The topological polar surface area (TPSA) is 95.3 Å². The number of rotatable bonds is 10. The maximum Gasteiger partial charge on any atom is 0.362 e. The van der Waals surface area contributed by atoms with Crippen molar-refractivity contribution in [1.82, 2.24) is 20.1 Å². The van der Waals surface area contributed by atoms with Crippen LogP contribution in [-0.4, -0.2) is 38.8 Å². The Balaban J connectivity index is 1.60. The number of aromatic nitrogens is 3. The molecule has 0 saturated heterocycles. The summed E-state index contributed by atoms with van der Waals surface area (Å²) in [4.78, 5) is 28.5. The van der Waals surface area contributed by atoms with E-state index < -0.39 is 11.6 Å². The molecule has 2 aromatic rings. The zero-order valence-electron chi connectivity index (χ0n) is 20.0. The van der Waals surface area contributed by atoms with Crippen LogP contribution in [-0.2, 0) is 22.6 Å². The zero-order valence-corrected chi connectivity index (χ0v) is 20.0. The maximum atomic E-state index is 12.5. The second-order valence-electron chi connectivity index (χ2n) is 9.61. The predicted molar refractivity (Wildman–Crippen MR) is 125 cm³/mol. The number of ether oxygens (including phenoxy) is 2. The Morgan fingerprint density at radius 1 is 1.18 bits per heavy atom. The SMILES string of the molecule is CC(C)(C)OC(=O)CCCNCc1c(OC(=O)c2ccccn2)cnn1CC1CCCCC1. The Morgan fingerprint density at radius 3 is 2.67 bits per heavy atom. The molecule has 8 nitrogen and oxygen atoms in total. The fourth-order valence-corrected chi connectivity index (χ4v) is 4.02. The molecule has 1 saturated carbocycles. The maximum absolute atomic E-state index is 12.5. The number of carbonyl (C=O) groups is 2. The van der Waals surface area contributed by atoms with E-state index in [9.17, 15) is 9.59 Å². The second-order valence-corrected chi connectivity index (χ2v) is 9.61. The largest absolute Gasteiger partial charge is 0.460 e. The molecule has 3 rings (SSSR count). The number of pyridine rings is 1. The van der Waals surface area contributed by atoms with E-state index >= 15 is 0 Å². The molecule has 0 aromatic carbocycles. The van der Waals surface area contributed by atoms with Crippen molar-refractivity contribution in [2.75, 3.05) is 6.54 Å². The van der Waals surface area contributed by atoms with Gasteiger partial charge in [-0.25, -0.2) is 9.78 Å². The van der Waals surface area contributed by atoms with Crippen molar-refractivity contribution in [3.63, 3.8) is 0 Å². The third kappa shape index (κ3) is 8.28. The summed E-state index contributed by atoms with van der Waals surface area (Å²) in [6.45, 7) is 7.54. The second kappa shape index (κ2) is 11.9. The van der Waals surface area contributed by atoms with Crippen LogP contribution in [0.25, 0.3) is 0 Å². The molecule has 0 spiro atoms. The lowest BCUT2D eigenvalue weighted by Gasteiger charge is -2.22. The van der Waals surface area contributed by atoms with Crippen LogP contribution in [0.5, 0.6) is 5.75 Å². The smallest absolute Gasteiger partial charge is 0.362 e. The fraction of sp³-hybridized carbons (Fsp3) is 0.600. The molecular weight excluding hydrogens is 420 g/mol. The summed E-state index contributed by atoms with van der Waals surface area (Å²) < 4.78 is 13.0. The lowest BCUT2D eigenvalue weighted by atomic mass is 9.89. The van der Waals surface area contributed by atoms with E-state index in [1.54, 1.807) is 30.6 Å². The van der Waals surface area contributed by atoms with Gasteiger partial charge in [0.25, 0.3) is 0 Å². The van der Waals surface area contributed by atoms with Crippen molar-refractivity contribution in [1.29, 1.82) is 0 Å². The molecule has 0 atom stereocenters. The Hall–Kier alpha value is -2.74. The van der Waals surface area contributed by atoms with Gasteiger partial charge in [0.1, 0.15) is 11.3 Å². The third-order valence-corrected chi connectivity index (χ3v) is 5.59. The Morgan fingerprint density at radius 2 is 1.97 bits per heavy atom. The summed E-state index contributed by atoms with van der Waals surface area (Å²) in [5, 5.41) is 7.89. The molecule has 0 aliphatic heterocycles. The van der Waals surface area contributed by atoms with Crippen LogP contribution in [0.1, 0.15) is 81.9 Å². The molecule has 1 fully saturated rings. The highest BCUT2D eigenvalue weighted by Gasteiger charge is 2.21. The Bertz CT molecular complexity index is 899. The normalized spacial score (nSPS) is 14.8. The number of nitrogens with zero attached hydrogens (tertiary/aromatic N) is 3.